The molecule has 0 bridgehead atoms. The van der Waals surface area contributed by atoms with Crippen molar-refractivity contribution in [1.29, 1.82) is 0 Å². The van der Waals surface area contributed by atoms with Crippen LogP contribution < -0.4 is 4.74 Å². The molecule has 5 heteroatoms. The molecule has 1 aliphatic carbocycles. The number of likely N-dealkylation sites (tertiary alicyclic amines) is 1. The Hall–Kier alpha value is -1.95. The van der Waals surface area contributed by atoms with Gasteiger partial charge in [-0.2, -0.15) is 0 Å². The fourth-order valence-corrected chi connectivity index (χ4v) is 7.02. The molecule has 1 atom stereocenters. The highest BCUT2D eigenvalue weighted by molar-refractivity contribution is 5.31. The topological polar surface area (TPSA) is 31.8 Å². The van der Waals surface area contributed by atoms with E-state index in [1.54, 1.807) is 7.11 Å². The van der Waals surface area contributed by atoms with Gasteiger partial charge in [-0.05, 0) is 98.8 Å². The molecular formula is C31H46N4O. The minimum Gasteiger partial charge on any atom is -0.497 e. The fraction of sp³-hybridized carbons (Fsp3) is 0.645. The van der Waals surface area contributed by atoms with E-state index in [4.69, 9.17) is 4.74 Å². The van der Waals surface area contributed by atoms with Crippen LogP contribution in [0.1, 0.15) is 82.0 Å². The van der Waals surface area contributed by atoms with Crippen LogP contribution in [0.5, 0.6) is 5.75 Å². The van der Waals surface area contributed by atoms with E-state index in [9.17, 15) is 0 Å². The van der Waals surface area contributed by atoms with Crippen molar-refractivity contribution in [3.05, 3.63) is 59.4 Å². The van der Waals surface area contributed by atoms with Crippen molar-refractivity contribution in [2.45, 2.75) is 84.0 Å². The number of ether oxygens (including phenoxy) is 1. The number of aromatic nitrogens is 1. The minimum absolute atomic E-state index is 0.418. The average Bonchev–Trinajstić information content (AvgIpc) is 2.88. The molecule has 0 amide bonds. The first kappa shape index (κ1) is 25.7. The van der Waals surface area contributed by atoms with Crippen molar-refractivity contribution >= 4 is 0 Å². The van der Waals surface area contributed by atoms with Gasteiger partial charge in [-0.15, -0.1) is 0 Å². The van der Waals surface area contributed by atoms with Crippen molar-refractivity contribution in [2.24, 2.45) is 5.41 Å². The summed E-state index contributed by atoms with van der Waals surface area (Å²) in [7, 11) is 1.73. The predicted octanol–water partition coefficient (Wildman–Crippen LogP) is 5.73. The standard InChI is InChI=1S/C31H46N4O/c1-23(2)28-10-13-32-20-29(28)30-22-33(21-25-6-8-27(36-5)9-7-25)16-17-35(30)26-18-31(19-26)11-14-34(15-12-31)24(3)4/h6-10,13,20,23-24,26,30H,11-12,14-19,21-22H2,1-5H3. The van der Waals surface area contributed by atoms with Gasteiger partial charge >= 0.3 is 0 Å². The smallest absolute Gasteiger partial charge is 0.118 e. The van der Waals surface area contributed by atoms with Gasteiger partial charge in [0.25, 0.3) is 0 Å². The van der Waals surface area contributed by atoms with E-state index in [0.29, 0.717) is 29.5 Å². The fourth-order valence-electron chi connectivity index (χ4n) is 7.02. The molecule has 5 rings (SSSR count). The van der Waals surface area contributed by atoms with E-state index in [-0.39, 0.29) is 0 Å². The van der Waals surface area contributed by atoms with E-state index < -0.39 is 0 Å². The molecule has 3 aliphatic rings. The summed E-state index contributed by atoms with van der Waals surface area (Å²) in [5, 5.41) is 0. The monoisotopic (exact) mass is 490 g/mol. The first-order valence-corrected chi connectivity index (χ1v) is 14.2. The van der Waals surface area contributed by atoms with Crippen LogP contribution in [0.4, 0.5) is 0 Å². The summed E-state index contributed by atoms with van der Waals surface area (Å²) in [6, 6.07) is 12.7. The van der Waals surface area contributed by atoms with Gasteiger partial charge in [-0.1, -0.05) is 26.0 Å². The second-order valence-electron chi connectivity index (χ2n) is 12.2. The number of piperidine rings is 1. The van der Waals surface area contributed by atoms with E-state index in [0.717, 1.165) is 31.9 Å². The van der Waals surface area contributed by atoms with E-state index >= 15 is 0 Å². The lowest BCUT2D eigenvalue weighted by atomic mass is 9.59. The molecule has 2 saturated heterocycles. The molecule has 1 aromatic carbocycles. The summed E-state index contributed by atoms with van der Waals surface area (Å²) in [5.74, 6) is 1.44. The summed E-state index contributed by atoms with van der Waals surface area (Å²) in [4.78, 5) is 12.8. The average molecular weight is 491 g/mol. The van der Waals surface area contributed by atoms with Gasteiger partial charge in [-0.3, -0.25) is 14.8 Å². The highest BCUT2D eigenvalue weighted by Gasteiger charge is 2.50. The van der Waals surface area contributed by atoms with Crippen molar-refractivity contribution in [3.8, 4) is 5.75 Å². The Bertz CT molecular complexity index is 988. The maximum Gasteiger partial charge on any atom is 0.118 e. The minimum atomic E-state index is 0.418. The van der Waals surface area contributed by atoms with Crippen LogP contribution in [-0.4, -0.2) is 71.6 Å². The molecule has 5 nitrogen and oxygen atoms in total. The molecule has 196 valence electrons. The number of benzene rings is 1. The van der Waals surface area contributed by atoms with Crippen LogP contribution in [0.2, 0.25) is 0 Å². The van der Waals surface area contributed by atoms with Crippen LogP contribution in [0, 0.1) is 5.41 Å². The number of rotatable bonds is 7. The lowest BCUT2D eigenvalue weighted by Gasteiger charge is -2.58. The zero-order valence-electron chi connectivity index (χ0n) is 23.1. The van der Waals surface area contributed by atoms with Crippen molar-refractivity contribution in [3.63, 3.8) is 0 Å². The third-order valence-corrected chi connectivity index (χ3v) is 9.33. The van der Waals surface area contributed by atoms with Gasteiger partial charge in [0.15, 0.2) is 0 Å². The van der Waals surface area contributed by atoms with Gasteiger partial charge in [0.2, 0.25) is 0 Å². The van der Waals surface area contributed by atoms with Crippen molar-refractivity contribution in [2.75, 3.05) is 39.8 Å². The zero-order valence-corrected chi connectivity index (χ0v) is 23.1. The Morgan fingerprint density at radius 3 is 2.33 bits per heavy atom. The molecule has 0 N–H and O–H groups in total. The van der Waals surface area contributed by atoms with Gasteiger partial charge in [-0.25, -0.2) is 0 Å². The maximum absolute atomic E-state index is 5.36. The Morgan fingerprint density at radius 2 is 1.69 bits per heavy atom. The highest BCUT2D eigenvalue weighted by Crippen LogP contribution is 2.53. The third-order valence-electron chi connectivity index (χ3n) is 9.33. The first-order valence-electron chi connectivity index (χ1n) is 14.2. The summed E-state index contributed by atoms with van der Waals surface area (Å²) in [6.45, 7) is 16.2. The van der Waals surface area contributed by atoms with E-state index in [1.807, 2.05) is 6.20 Å². The zero-order chi connectivity index (χ0) is 25.3. The third kappa shape index (κ3) is 5.34. The summed E-state index contributed by atoms with van der Waals surface area (Å²) in [5.41, 5.74) is 4.86. The molecular weight excluding hydrogens is 444 g/mol. The van der Waals surface area contributed by atoms with Crippen LogP contribution in [0.25, 0.3) is 0 Å². The summed E-state index contributed by atoms with van der Waals surface area (Å²) < 4.78 is 5.36. The molecule has 36 heavy (non-hydrogen) atoms. The molecule has 3 heterocycles. The first-order chi connectivity index (χ1) is 17.4. The number of methoxy groups -OCH3 is 1. The quantitative estimate of drug-likeness (QED) is 0.495. The number of hydrogen-bond donors (Lipinski definition) is 0. The second-order valence-corrected chi connectivity index (χ2v) is 12.2. The largest absolute Gasteiger partial charge is 0.497 e. The Kier molecular flexibility index (Phi) is 7.71. The maximum atomic E-state index is 5.36. The van der Waals surface area contributed by atoms with Crippen molar-refractivity contribution in [1.82, 2.24) is 19.7 Å². The number of hydrogen-bond acceptors (Lipinski definition) is 5. The lowest BCUT2D eigenvalue weighted by Crippen LogP contribution is -2.60. The van der Waals surface area contributed by atoms with Gasteiger partial charge in [0, 0.05) is 56.7 Å². The molecule has 1 spiro atoms. The van der Waals surface area contributed by atoms with E-state index in [2.05, 4.69) is 83.9 Å². The van der Waals surface area contributed by atoms with E-state index in [1.165, 1.54) is 55.5 Å². The van der Waals surface area contributed by atoms with Crippen LogP contribution in [0.3, 0.4) is 0 Å². The molecule has 1 unspecified atom stereocenters. The molecule has 2 aromatic rings. The van der Waals surface area contributed by atoms with Crippen LogP contribution in [-0.2, 0) is 6.54 Å². The van der Waals surface area contributed by atoms with Gasteiger partial charge in [0.1, 0.15) is 5.75 Å². The Balaban J connectivity index is 1.31. The molecule has 2 aliphatic heterocycles. The normalized spacial score (nSPS) is 23.9. The molecule has 1 saturated carbocycles. The van der Waals surface area contributed by atoms with Crippen LogP contribution >= 0.6 is 0 Å². The van der Waals surface area contributed by atoms with Gasteiger partial charge in [0.05, 0.1) is 7.11 Å². The van der Waals surface area contributed by atoms with Gasteiger partial charge < -0.3 is 9.64 Å². The number of pyridine rings is 1. The SMILES string of the molecule is COc1ccc(CN2CCN(C3CC4(CCN(C(C)C)CC4)C3)C(c3cnccc3C(C)C)C2)cc1. The summed E-state index contributed by atoms with van der Waals surface area (Å²) in [6.07, 6.45) is 9.67. The number of nitrogens with zero attached hydrogens (tertiary/aromatic N) is 4. The lowest BCUT2D eigenvalue weighted by molar-refractivity contribution is -0.0801. The molecule has 1 aromatic heterocycles. The highest BCUT2D eigenvalue weighted by atomic mass is 16.5. The second kappa shape index (κ2) is 10.8. The predicted molar refractivity (Wildman–Crippen MR) is 147 cm³/mol. The Morgan fingerprint density at radius 1 is 0.972 bits per heavy atom. The Labute approximate surface area is 218 Å². The molecule has 3 fully saturated rings. The van der Waals surface area contributed by atoms with Crippen molar-refractivity contribution < 1.29 is 4.74 Å². The van der Waals surface area contributed by atoms with Crippen LogP contribution in [0.15, 0.2) is 42.7 Å². The molecule has 0 radical (unpaired) electrons. The number of piperazine rings is 1. The summed E-state index contributed by atoms with van der Waals surface area (Å²) >= 11 is 0.